The lowest BCUT2D eigenvalue weighted by molar-refractivity contribution is -0.148. The lowest BCUT2D eigenvalue weighted by Crippen LogP contribution is -2.26. The number of carbonyl (C=O) groups is 1. The number of halogens is 1. The molecule has 0 spiro atoms. The molecule has 2 heterocycles. The molecular weight excluding hydrogens is 289 g/mol. The largest absolute Gasteiger partial charge is 0.458 e. The van der Waals surface area contributed by atoms with Gasteiger partial charge in [-0.3, -0.25) is 19.7 Å². The van der Waals surface area contributed by atoms with Crippen molar-refractivity contribution in [1.29, 1.82) is 0 Å². The Morgan fingerprint density at radius 1 is 1.45 bits per heavy atom. The number of ether oxygens (including phenoxy) is 1. The van der Waals surface area contributed by atoms with E-state index in [4.69, 9.17) is 4.74 Å². The van der Waals surface area contributed by atoms with Gasteiger partial charge in [-0.15, -0.1) is 0 Å². The quantitative estimate of drug-likeness (QED) is 0.863. The van der Waals surface area contributed by atoms with Gasteiger partial charge in [0.15, 0.2) is 0 Å². The summed E-state index contributed by atoms with van der Waals surface area (Å²) in [6.45, 7) is 1.51. The van der Waals surface area contributed by atoms with E-state index < -0.39 is 17.2 Å². The molecule has 0 aliphatic heterocycles. The zero-order valence-corrected chi connectivity index (χ0v) is 11.9. The van der Waals surface area contributed by atoms with E-state index in [9.17, 15) is 14.0 Å². The van der Waals surface area contributed by atoms with Crippen molar-refractivity contribution in [3.63, 3.8) is 0 Å². The number of nitrogens with zero attached hydrogens (tertiary/aromatic N) is 2. The number of carbonyl (C=O) groups excluding carboxylic acids is 1. The lowest BCUT2D eigenvalue weighted by Gasteiger charge is -2.13. The van der Waals surface area contributed by atoms with Gasteiger partial charge in [0.05, 0.1) is 11.9 Å². The molecule has 2 aromatic rings. The number of pyridine rings is 1. The Balaban J connectivity index is 1.72. The third-order valence-electron chi connectivity index (χ3n) is 3.70. The monoisotopic (exact) mass is 303 g/mol. The normalized spacial score (nSPS) is 15.4. The Bertz CT molecular complexity index is 766. The molecule has 7 heteroatoms. The SMILES string of the molecule is Cc1cc(=O)c(COC(=O)C2(c3ccc(F)cn3)CC2)n[nH]1. The summed E-state index contributed by atoms with van der Waals surface area (Å²) in [6, 6.07) is 4.15. The maximum absolute atomic E-state index is 12.9. The van der Waals surface area contributed by atoms with Crippen molar-refractivity contribution in [2.45, 2.75) is 31.8 Å². The van der Waals surface area contributed by atoms with E-state index in [2.05, 4.69) is 15.2 Å². The molecule has 6 nitrogen and oxygen atoms in total. The number of hydrogen-bond donors (Lipinski definition) is 1. The molecule has 1 aliphatic carbocycles. The fourth-order valence-electron chi connectivity index (χ4n) is 2.25. The standard InChI is InChI=1S/C15H14FN3O3/c1-9-6-12(20)11(19-18-9)8-22-14(21)15(4-5-15)13-3-2-10(16)7-17-13/h2-3,6-7H,4-5,8H2,1H3,(H,18,20). The second-order valence-corrected chi connectivity index (χ2v) is 5.38. The summed E-state index contributed by atoms with van der Waals surface area (Å²) >= 11 is 0. The second kappa shape index (κ2) is 5.32. The molecule has 3 rings (SSSR count). The van der Waals surface area contributed by atoms with Gasteiger partial charge in [-0.25, -0.2) is 4.39 Å². The Labute approximate surface area is 125 Å². The highest BCUT2D eigenvalue weighted by Crippen LogP contribution is 2.48. The predicted molar refractivity (Wildman–Crippen MR) is 74.5 cm³/mol. The highest BCUT2D eigenvalue weighted by atomic mass is 19.1. The number of hydrogen-bond acceptors (Lipinski definition) is 5. The van der Waals surface area contributed by atoms with Crippen LogP contribution in [0, 0.1) is 12.7 Å². The minimum atomic E-state index is -0.814. The first-order valence-electron chi connectivity index (χ1n) is 6.86. The van der Waals surface area contributed by atoms with Gasteiger partial charge < -0.3 is 4.74 Å². The van der Waals surface area contributed by atoms with Crippen molar-refractivity contribution in [3.05, 3.63) is 57.5 Å². The van der Waals surface area contributed by atoms with Gasteiger partial charge in [-0.1, -0.05) is 0 Å². The van der Waals surface area contributed by atoms with E-state index in [-0.39, 0.29) is 17.7 Å². The van der Waals surface area contributed by atoms with Crippen LogP contribution in [0.4, 0.5) is 4.39 Å². The average Bonchev–Trinajstić information content (AvgIpc) is 3.28. The van der Waals surface area contributed by atoms with E-state index in [0.717, 1.165) is 6.20 Å². The first-order valence-corrected chi connectivity index (χ1v) is 6.86. The Kier molecular flexibility index (Phi) is 3.48. The minimum Gasteiger partial charge on any atom is -0.458 e. The zero-order valence-electron chi connectivity index (χ0n) is 11.9. The molecule has 1 fully saturated rings. The van der Waals surface area contributed by atoms with Crippen molar-refractivity contribution >= 4 is 5.97 Å². The van der Waals surface area contributed by atoms with Gasteiger partial charge in [0.25, 0.3) is 0 Å². The van der Waals surface area contributed by atoms with Crippen LogP contribution in [0.3, 0.4) is 0 Å². The molecule has 0 atom stereocenters. The predicted octanol–water partition coefficient (Wildman–Crippen LogP) is 1.39. The van der Waals surface area contributed by atoms with Crippen molar-refractivity contribution < 1.29 is 13.9 Å². The van der Waals surface area contributed by atoms with Crippen LogP contribution >= 0.6 is 0 Å². The molecule has 2 aromatic heterocycles. The summed E-state index contributed by atoms with van der Waals surface area (Å²) in [5.74, 6) is -0.920. The van der Waals surface area contributed by atoms with Crippen LogP contribution in [0.25, 0.3) is 0 Å². The van der Waals surface area contributed by atoms with Crippen molar-refractivity contribution in [1.82, 2.24) is 15.2 Å². The molecule has 0 radical (unpaired) electrons. The smallest absolute Gasteiger partial charge is 0.318 e. The van der Waals surface area contributed by atoms with E-state index in [0.29, 0.717) is 24.2 Å². The van der Waals surface area contributed by atoms with E-state index in [1.54, 1.807) is 6.92 Å². The zero-order chi connectivity index (χ0) is 15.7. The van der Waals surface area contributed by atoms with Gasteiger partial charge in [0.1, 0.15) is 23.5 Å². The summed E-state index contributed by atoms with van der Waals surface area (Å²) in [6.07, 6.45) is 2.28. The molecule has 22 heavy (non-hydrogen) atoms. The van der Waals surface area contributed by atoms with Gasteiger partial charge in [0, 0.05) is 11.8 Å². The molecule has 0 bridgehead atoms. The maximum Gasteiger partial charge on any atom is 0.318 e. The summed E-state index contributed by atoms with van der Waals surface area (Å²) in [5.41, 5.74) is 0.167. The van der Waals surface area contributed by atoms with Gasteiger partial charge >= 0.3 is 5.97 Å². The summed E-state index contributed by atoms with van der Waals surface area (Å²) in [4.78, 5) is 27.9. The number of esters is 1. The van der Waals surface area contributed by atoms with Crippen LogP contribution in [0.15, 0.2) is 29.2 Å². The molecule has 1 aliphatic rings. The van der Waals surface area contributed by atoms with Crippen molar-refractivity contribution in [2.75, 3.05) is 0 Å². The number of aromatic amines is 1. The van der Waals surface area contributed by atoms with Crippen LogP contribution in [0.5, 0.6) is 0 Å². The number of aryl methyl sites for hydroxylation is 1. The molecule has 0 saturated heterocycles. The fourth-order valence-corrected chi connectivity index (χ4v) is 2.25. The molecule has 114 valence electrons. The fraction of sp³-hybridized carbons (Fsp3) is 0.333. The van der Waals surface area contributed by atoms with Gasteiger partial charge in [0.2, 0.25) is 5.43 Å². The van der Waals surface area contributed by atoms with Gasteiger partial charge in [-0.2, -0.15) is 5.10 Å². The average molecular weight is 303 g/mol. The third-order valence-corrected chi connectivity index (χ3v) is 3.70. The minimum absolute atomic E-state index is 0.141. The topological polar surface area (TPSA) is 84.9 Å². The first kappa shape index (κ1) is 14.4. The first-order chi connectivity index (χ1) is 10.5. The molecule has 1 N–H and O–H groups in total. The Morgan fingerprint density at radius 3 is 2.82 bits per heavy atom. The van der Waals surface area contributed by atoms with E-state index in [1.807, 2.05) is 0 Å². The molecule has 0 amide bonds. The Morgan fingerprint density at radius 2 is 2.23 bits per heavy atom. The Hall–Kier alpha value is -2.57. The van der Waals surface area contributed by atoms with Crippen molar-refractivity contribution in [2.24, 2.45) is 0 Å². The number of aromatic nitrogens is 3. The molecular formula is C15H14FN3O3. The molecule has 1 saturated carbocycles. The number of nitrogens with one attached hydrogen (secondary N) is 1. The molecule has 0 unspecified atom stereocenters. The molecule has 0 aromatic carbocycles. The van der Waals surface area contributed by atoms with Crippen LogP contribution in [-0.2, 0) is 21.6 Å². The summed E-state index contributed by atoms with van der Waals surface area (Å²) in [7, 11) is 0. The van der Waals surface area contributed by atoms with Crippen molar-refractivity contribution in [3.8, 4) is 0 Å². The van der Waals surface area contributed by atoms with Crippen LogP contribution < -0.4 is 5.43 Å². The third kappa shape index (κ3) is 2.61. The summed E-state index contributed by atoms with van der Waals surface area (Å²) < 4.78 is 18.1. The second-order valence-electron chi connectivity index (χ2n) is 5.38. The summed E-state index contributed by atoms with van der Waals surface area (Å²) in [5, 5.41) is 6.52. The highest BCUT2D eigenvalue weighted by Gasteiger charge is 2.54. The maximum atomic E-state index is 12.9. The lowest BCUT2D eigenvalue weighted by atomic mass is 10.0. The van der Waals surface area contributed by atoms with Crippen LogP contribution in [0.2, 0.25) is 0 Å². The number of H-pyrrole nitrogens is 1. The highest BCUT2D eigenvalue weighted by molar-refractivity contribution is 5.85. The van der Waals surface area contributed by atoms with E-state index in [1.165, 1.54) is 18.2 Å². The van der Waals surface area contributed by atoms with Crippen LogP contribution in [0.1, 0.15) is 29.9 Å². The van der Waals surface area contributed by atoms with Gasteiger partial charge in [-0.05, 0) is 31.9 Å². The van der Waals surface area contributed by atoms with E-state index >= 15 is 0 Å². The number of rotatable bonds is 4. The van der Waals surface area contributed by atoms with Crippen LogP contribution in [-0.4, -0.2) is 21.2 Å².